The predicted molar refractivity (Wildman–Crippen MR) is 59.2 cm³/mol. The highest BCUT2D eigenvalue weighted by Crippen LogP contribution is 2.34. The Morgan fingerprint density at radius 1 is 1.33 bits per heavy atom. The fraction of sp³-hybridized carbons (Fsp3) is 0.538. The Hall–Kier alpha value is -1.18. The summed E-state index contributed by atoms with van der Waals surface area (Å²) in [5.74, 6) is 0.430. The summed E-state index contributed by atoms with van der Waals surface area (Å²) in [7, 11) is 0. The van der Waals surface area contributed by atoms with Crippen LogP contribution in [-0.4, -0.2) is 11.3 Å². The lowest BCUT2D eigenvalue weighted by Gasteiger charge is -2.26. The second kappa shape index (κ2) is 5.06. The highest BCUT2D eigenvalue weighted by Gasteiger charge is 2.25. The van der Waals surface area contributed by atoms with E-state index in [0.717, 1.165) is 18.4 Å². The molecule has 1 aromatic rings. The molecule has 1 fully saturated rings. The number of hydrogen-bond acceptors (Lipinski definition) is 2. The van der Waals surface area contributed by atoms with Gasteiger partial charge in [-0.3, -0.25) is 9.78 Å². The number of rotatable bonds is 3. The minimum Gasteiger partial charge on any atom is -0.290 e. The zero-order valence-corrected chi connectivity index (χ0v) is 8.86. The average Bonchev–Trinajstić information content (AvgIpc) is 2.33. The van der Waals surface area contributed by atoms with Gasteiger partial charge in [0.15, 0.2) is 0 Å². The van der Waals surface area contributed by atoms with E-state index in [-0.39, 0.29) is 5.92 Å². The van der Waals surface area contributed by atoms with Gasteiger partial charge in [0, 0.05) is 12.4 Å². The summed E-state index contributed by atoms with van der Waals surface area (Å²) in [6, 6.07) is 3.87. The van der Waals surface area contributed by atoms with Crippen molar-refractivity contribution in [3.05, 3.63) is 30.1 Å². The van der Waals surface area contributed by atoms with Gasteiger partial charge in [-0.05, 0) is 30.4 Å². The lowest BCUT2D eigenvalue weighted by Crippen LogP contribution is -2.17. The number of aromatic nitrogens is 1. The SMILES string of the molecule is O=[C]C(c1cccnc1)C1CCCCC1. The van der Waals surface area contributed by atoms with Crippen LogP contribution in [0.15, 0.2) is 24.5 Å². The molecule has 2 nitrogen and oxygen atoms in total. The number of nitrogens with zero attached hydrogens (tertiary/aromatic N) is 1. The lowest BCUT2D eigenvalue weighted by molar-refractivity contribution is 0.335. The van der Waals surface area contributed by atoms with E-state index in [1.807, 2.05) is 12.1 Å². The van der Waals surface area contributed by atoms with Crippen LogP contribution < -0.4 is 0 Å². The first-order valence-electron chi connectivity index (χ1n) is 5.69. The molecule has 1 saturated carbocycles. The van der Waals surface area contributed by atoms with Crippen molar-refractivity contribution in [1.29, 1.82) is 0 Å². The van der Waals surface area contributed by atoms with Gasteiger partial charge in [-0.1, -0.05) is 25.3 Å². The van der Waals surface area contributed by atoms with Crippen molar-refractivity contribution < 1.29 is 4.79 Å². The van der Waals surface area contributed by atoms with Crippen LogP contribution in [0.4, 0.5) is 0 Å². The Morgan fingerprint density at radius 2 is 2.13 bits per heavy atom. The zero-order valence-electron chi connectivity index (χ0n) is 8.86. The lowest BCUT2D eigenvalue weighted by atomic mass is 9.78. The van der Waals surface area contributed by atoms with Crippen molar-refractivity contribution in [1.82, 2.24) is 4.98 Å². The standard InChI is InChI=1S/C13H16NO/c15-10-13(11-5-2-1-3-6-11)12-7-4-8-14-9-12/h4,7-9,11,13H,1-3,5-6H2. The molecule has 1 heterocycles. The Kier molecular flexibility index (Phi) is 3.49. The maximum Gasteiger partial charge on any atom is 0.206 e. The van der Waals surface area contributed by atoms with Gasteiger partial charge in [-0.25, -0.2) is 0 Å². The Balaban J connectivity index is 2.12. The topological polar surface area (TPSA) is 30.0 Å². The first-order chi connectivity index (χ1) is 7.42. The first kappa shape index (κ1) is 10.3. The third-order valence-corrected chi connectivity index (χ3v) is 3.29. The van der Waals surface area contributed by atoms with Gasteiger partial charge in [0.2, 0.25) is 6.29 Å². The van der Waals surface area contributed by atoms with E-state index in [9.17, 15) is 4.79 Å². The molecule has 15 heavy (non-hydrogen) atoms. The monoisotopic (exact) mass is 202 g/mol. The van der Waals surface area contributed by atoms with E-state index in [1.54, 1.807) is 12.4 Å². The van der Waals surface area contributed by atoms with E-state index in [0.29, 0.717) is 5.92 Å². The average molecular weight is 202 g/mol. The molecule has 0 bridgehead atoms. The molecular weight excluding hydrogens is 186 g/mol. The molecule has 1 atom stereocenters. The van der Waals surface area contributed by atoms with Gasteiger partial charge in [-0.15, -0.1) is 0 Å². The van der Waals surface area contributed by atoms with Crippen molar-refractivity contribution in [3.8, 4) is 0 Å². The van der Waals surface area contributed by atoms with Crippen LogP contribution in [0.1, 0.15) is 43.6 Å². The van der Waals surface area contributed by atoms with Crippen molar-refractivity contribution in [2.75, 3.05) is 0 Å². The number of hydrogen-bond donors (Lipinski definition) is 0. The van der Waals surface area contributed by atoms with Crippen molar-refractivity contribution in [2.24, 2.45) is 5.92 Å². The van der Waals surface area contributed by atoms with Gasteiger partial charge in [0.25, 0.3) is 0 Å². The summed E-state index contributed by atoms with van der Waals surface area (Å²) in [5.41, 5.74) is 1.03. The van der Waals surface area contributed by atoms with Gasteiger partial charge < -0.3 is 0 Å². The maximum atomic E-state index is 11.1. The quantitative estimate of drug-likeness (QED) is 0.754. The van der Waals surface area contributed by atoms with E-state index in [4.69, 9.17) is 0 Å². The third-order valence-electron chi connectivity index (χ3n) is 3.29. The van der Waals surface area contributed by atoms with Crippen LogP contribution in [0, 0.1) is 5.92 Å². The molecule has 1 aliphatic rings. The van der Waals surface area contributed by atoms with Gasteiger partial charge in [-0.2, -0.15) is 0 Å². The van der Waals surface area contributed by atoms with Crippen LogP contribution in [-0.2, 0) is 4.79 Å². The molecule has 1 aromatic heterocycles. The molecule has 1 aliphatic carbocycles. The fourth-order valence-electron chi connectivity index (χ4n) is 2.46. The van der Waals surface area contributed by atoms with Crippen LogP contribution in [0.2, 0.25) is 0 Å². The highest BCUT2D eigenvalue weighted by molar-refractivity contribution is 5.63. The normalized spacial score (nSPS) is 19.7. The number of pyridine rings is 1. The summed E-state index contributed by atoms with van der Waals surface area (Å²) >= 11 is 0. The van der Waals surface area contributed by atoms with Gasteiger partial charge >= 0.3 is 0 Å². The van der Waals surface area contributed by atoms with Crippen molar-refractivity contribution in [3.63, 3.8) is 0 Å². The van der Waals surface area contributed by atoms with Crippen molar-refractivity contribution >= 4 is 6.29 Å². The second-order valence-electron chi connectivity index (χ2n) is 4.28. The molecule has 0 aromatic carbocycles. The Bertz CT molecular complexity index is 304. The van der Waals surface area contributed by atoms with E-state index >= 15 is 0 Å². The molecule has 2 heteroatoms. The maximum absolute atomic E-state index is 11.1. The van der Waals surface area contributed by atoms with Crippen LogP contribution in [0.5, 0.6) is 0 Å². The number of carbonyl (C=O) groups excluding carboxylic acids is 1. The summed E-state index contributed by atoms with van der Waals surface area (Å²) in [6.45, 7) is 0. The molecule has 1 unspecified atom stereocenters. The summed E-state index contributed by atoms with van der Waals surface area (Å²) in [4.78, 5) is 15.1. The molecule has 0 N–H and O–H groups in total. The van der Waals surface area contributed by atoms with E-state index in [1.165, 1.54) is 19.3 Å². The molecule has 1 radical (unpaired) electrons. The minimum absolute atomic E-state index is 0.0565. The van der Waals surface area contributed by atoms with Crippen LogP contribution in [0.3, 0.4) is 0 Å². The largest absolute Gasteiger partial charge is 0.290 e. The fourth-order valence-corrected chi connectivity index (χ4v) is 2.46. The van der Waals surface area contributed by atoms with Crippen molar-refractivity contribution in [2.45, 2.75) is 38.0 Å². The molecular formula is C13H16NO. The molecule has 0 amide bonds. The van der Waals surface area contributed by atoms with Crippen LogP contribution in [0.25, 0.3) is 0 Å². The second-order valence-corrected chi connectivity index (χ2v) is 4.28. The predicted octanol–water partition coefficient (Wildman–Crippen LogP) is 2.86. The Morgan fingerprint density at radius 3 is 2.73 bits per heavy atom. The van der Waals surface area contributed by atoms with Gasteiger partial charge in [0.1, 0.15) is 0 Å². The van der Waals surface area contributed by atoms with E-state index < -0.39 is 0 Å². The first-order valence-corrected chi connectivity index (χ1v) is 5.69. The smallest absolute Gasteiger partial charge is 0.206 e. The third kappa shape index (κ3) is 2.44. The summed E-state index contributed by atoms with van der Waals surface area (Å²) in [5, 5.41) is 0. The van der Waals surface area contributed by atoms with Crippen LogP contribution >= 0.6 is 0 Å². The molecule has 79 valence electrons. The molecule has 0 saturated heterocycles. The molecule has 0 spiro atoms. The highest BCUT2D eigenvalue weighted by atomic mass is 16.1. The molecule has 0 aliphatic heterocycles. The molecule has 2 rings (SSSR count). The van der Waals surface area contributed by atoms with Gasteiger partial charge in [0.05, 0.1) is 5.92 Å². The van der Waals surface area contributed by atoms with E-state index in [2.05, 4.69) is 11.3 Å². The zero-order chi connectivity index (χ0) is 10.5. The summed E-state index contributed by atoms with van der Waals surface area (Å²) < 4.78 is 0. The minimum atomic E-state index is -0.0565. The summed E-state index contributed by atoms with van der Waals surface area (Å²) in [6.07, 6.45) is 11.9. The Labute approximate surface area is 90.7 Å².